The zero-order chi connectivity index (χ0) is 15.6. The lowest BCUT2D eigenvalue weighted by Crippen LogP contribution is -2.49. The molecule has 114 valence electrons. The molecule has 2 N–H and O–H groups in total. The monoisotopic (exact) mass is 294 g/mol. The number of anilines is 1. The fourth-order valence-electron chi connectivity index (χ4n) is 2.33. The van der Waals surface area contributed by atoms with Crippen LogP contribution < -0.4 is 4.90 Å². The number of amides is 2. The van der Waals surface area contributed by atoms with E-state index in [2.05, 4.69) is 0 Å². The van der Waals surface area contributed by atoms with Gasteiger partial charge < -0.3 is 19.8 Å². The van der Waals surface area contributed by atoms with Gasteiger partial charge in [-0.2, -0.15) is 0 Å². The summed E-state index contributed by atoms with van der Waals surface area (Å²) in [6.45, 7) is 0.323. The number of aromatic hydroxyl groups is 1. The molecule has 1 saturated heterocycles. The smallest absolute Gasteiger partial charge is 0.324 e. The van der Waals surface area contributed by atoms with Crippen molar-refractivity contribution in [2.75, 3.05) is 32.2 Å². The second-order valence-corrected chi connectivity index (χ2v) is 5.02. The molecule has 0 saturated carbocycles. The number of rotatable bonds is 3. The van der Waals surface area contributed by atoms with E-state index in [4.69, 9.17) is 9.84 Å². The van der Waals surface area contributed by atoms with Crippen molar-refractivity contribution in [2.24, 2.45) is 5.92 Å². The molecule has 2 rings (SSSR count). The lowest BCUT2D eigenvalue weighted by atomic mass is 10.0. The van der Waals surface area contributed by atoms with Crippen LogP contribution in [0.1, 0.15) is 0 Å². The molecule has 2 amide bonds. The Labute approximate surface area is 122 Å². The van der Waals surface area contributed by atoms with E-state index >= 15 is 0 Å². The molecule has 1 heterocycles. The van der Waals surface area contributed by atoms with Crippen LogP contribution in [0.15, 0.2) is 24.3 Å². The summed E-state index contributed by atoms with van der Waals surface area (Å²) in [6.07, 6.45) is 0. The number of aliphatic carboxylic acids is 1. The molecule has 0 bridgehead atoms. The molecule has 21 heavy (non-hydrogen) atoms. The number of phenolic OH excluding ortho intramolecular Hbond substituents is 1. The van der Waals surface area contributed by atoms with Gasteiger partial charge in [0.05, 0.1) is 19.3 Å². The minimum atomic E-state index is -0.968. The van der Waals surface area contributed by atoms with E-state index in [1.807, 2.05) is 0 Å². The molecule has 1 aromatic carbocycles. The normalized spacial score (nSPS) is 21.0. The van der Waals surface area contributed by atoms with Crippen LogP contribution in [0, 0.1) is 5.92 Å². The molecule has 0 radical (unpaired) electrons. The van der Waals surface area contributed by atoms with Crippen LogP contribution in [0.5, 0.6) is 5.75 Å². The molecule has 1 aliphatic rings. The fourth-order valence-corrected chi connectivity index (χ4v) is 2.33. The first-order valence-electron chi connectivity index (χ1n) is 6.52. The number of phenols is 1. The lowest BCUT2D eigenvalue weighted by molar-refractivity contribution is -0.142. The number of carboxylic acid groups (broad SMARTS) is 1. The second-order valence-electron chi connectivity index (χ2n) is 5.02. The average molecular weight is 294 g/mol. The number of carboxylic acids is 1. The molecular formula is C14H18N2O5. The van der Waals surface area contributed by atoms with Crippen LogP contribution in [0.3, 0.4) is 0 Å². The highest BCUT2D eigenvalue weighted by molar-refractivity contribution is 5.92. The highest BCUT2D eigenvalue weighted by Crippen LogP contribution is 2.23. The standard InChI is InChI=1S/C14H18N2O5/c1-15(9-3-5-10(17)6-4-9)14(20)16(2)12-8-21-7-11(12)13(18)19/h3-6,11-12,17H,7-8H2,1-2H3,(H,18,19). The SMILES string of the molecule is CN(C(=O)N(C)C1COCC1C(=O)O)c1ccc(O)cc1. The molecule has 0 spiro atoms. The van der Waals surface area contributed by atoms with E-state index in [-0.39, 0.29) is 25.0 Å². The van der Waals surface area contributed by atoms with Crippen molar-refractivity contribution in [1.82, 2.24) is 4.90 Å². The predicted octanol–water partition coefficient (Wildman–Crippen LogP) is 0.980. The Bertz CT molecular complexity index is 531. The maximum Gasteiger partial charge on any atom is 0.324 e. The maximum atomic E-state index is 12.4. The lowest BCUT2D eigenvalue weighted by Gasteiger charge is -2.30. The summed E-state index contributed by atoms with van der Waals surface area (Å²) in [7, 11) is 3.16. The minimum Gasteiger partial charge on any atom is -0.508 e. The van der Waals surface area contributed by atoms with Gasteiger partial charge in [-0.3, -0.25) is 9.69 Å². The van der Waals surface area contributed by atoms with E-state index in [9.17, 15) is 14.7 Å². The number of urea groups is 1. The fraction of sp³-hybridized carbons (Fsp3) is 0.429. The van der Waals surface area contributed by atoms with Gasteiger partial charge in [-0.15, -0.1) is 0 Å². The summed E-state index contributed by atoms with van der Waals surface area (Å²) in [5.74, 6) is -1.57. The minimum absolute atomic E-state index is 0.112. The third-order valence-electron chi connectivity index (χ3n) is 3.69. The third-order valence-corrected chi connectivity index (χ3v) is 3.69. The number of carbonyl (C=O) groups excluding carboxylic acids is 1. The summed E-state index contributed by atoms with van der Waals surface area (Å²) < 4.78 is 5.18. The first-order valence-corrected chi connectivity index (χ1v) is 6.52. The number of benzene rings is 1. The van der Waals surface area contributed by atoms with Crippen molar-refractivity contribution in [3.05, 3.63) is 24.3 Å². The van der Waals surface area contributed by atoms with E-state index in [0.717, 1.165) is 0 Å². The first-order chi connectivity index (χ1) is 9.91. The van der Waals surface area contributed by atoms with Gasteiger partial charge in [-0.1, -0.05) is 0 Å². The number of hydrogen-bond donors (Lipinski definition) is 2. The molecule has 1 fully saturated rings. The Morgan fingerprint density at radius 3 is 2.38 bits per heavy atom. The molecule has 1 aromatic rings. The quantitative estimate of drug-likeness (QED) is 0.867. The van der Waals surface area contributed by atoms with Crippen molar-refractivity contribution >= 4 is 17.7 Å². The van der Waals surface area contributed by atoms with Gasteiger partial charge in [-0.05, 0) is 24.3 Å². The molecule has 2 unspecified atom stereocenters. The van der Waals surface area contributed by atoms with Crippen molar-refractivity contribution in [1.29, 1.82) is 0 Å². The highest BCUT2D eigenvalue weighted by atomic mass is 16.5. The van der Waals surface area contributed by atoms with Gasteiger partial charge >= 0.3 is 12.0 Å². The van der Waals surface area contributed by atoms with Gasteiger partial charge in [0.15, 0.2) is 0 Å². The first kappa shape index (κ1) is 15.1. The zero-order valence-corrected chi connectivity index (χ0v) is 11.9. The van der Waals surface area contributed by atoms with Gasteiger partial charge in [0.25, 0.3) is 0 Å². The van der Waals surface area contributed by atoms with Crippen LogP contribution >= 0.6 is 0 Å². The Morgan fingerprint density at radius 2 is 1.81 bits per heavy atom. The number of hydrogen-bond acceptors (Lipinski definition) is 4. The largest absolute Gasteiger partial charge is 0.508 e. The van der Waals surface area contributed by atoms with Crippen molar-refractivity contribution < 1.29 is 24.5 Å². The Morgan fingerprint density at radius 1 is 1.19 bits per heavy atom. The zero-order valence-electron chi connectivity index (χ0n) is 11.9. The second kappa shape index (κ2) is 6.01. The third kappa shape index (κ3) is 3.08. The summed E-state index contributed by atoms with van der Waals surface area (Å²) in [4.78, 5) is 26.4. The summed E-state index contributed by atoms with van der Waals surface area (Å²) in [6, 6.07) is 5.37. The van der Waals surface area contributed by atoms with Crippen molar-refractivity contribution in [3.63, 3.8) is 0 Å². The Balaban J connectivity index is 2.11. The predicted molar refractivity (Wildman–Crippen MR) is 75.4 cm³/mol. The molecule has 7 nitrogen and oxygen atoms in total. The van der Waals surface area contributed by atoms with Gasteiger partial charge in [0.2, 0.25) is 0 Å². The molecule has 0 aromatic heterocycles. The summed E-state index contributed by atoms with van der Waals surface area (Å²) in [5, 5.41) is 18.4. The molecule has 7 heteroatoms. The molecule has 0 aliphatic carbocycles. The van der Waals surface area contributed by atoms with Crippen LogP contribution in [0.2, 0.25) is 0 Å². The number of ether oxygens (including phenoxy) is 1. The average Bonchev–Trinajstić information content (AvgIpc) is 2.95. The molecule has 1 aliphatic heterocycles. The van der Waals surface area contributed by atoms with Crippen LogP contribution in [-0.4, -0.2) is 60.5 Å². The number of nitrogens with zero attached hydrogens (tertiary/aromatic N) is 2. The maximum absolute atomic E-state index is 12.4. The van der Waals surface area contributed by atoms with Gasteiger partial charge in [0, 0.05) is 19.8 Å². The van der Waals surface area contributed by atoms with Crippen LogP contribution in [-0.2, 0) is 9.53 Å². The number of likely N-dealkylation sites (N-methyl/N-ethyl adjacent to an activating group) is 1. The van der Waals surface area contributed by atoms with E-state index in [0.29, 0.717) is 5.69 Å². The van der Waals surface area contributed by atoms with Crippen LogP contribution in [0.25, 0.3) is 0 Å². The van der Waals surface area contributed by atoms with E-state index < -0.39 is 17.9 Å². The summed E-state index contributed by atoms with van der Waals surface area (Å²) in [5.41, 5.74) is 0.607. The van der Waals surface area contributed by atoms with Gasteiger partial charge in [-0.25, -0.2) is 4.79 Å². The van der Waals surface area contributed by atoms with Crippen molar-refractivity contribution in [2.45, 2.75) is 6.04 Å². The van der Waals surface area contributed by atoms with Gasteiger partial charge in [0.1, 0.15) is 11.7 Å². The molecule has 2 atom stereocenters. The molecular weight excluding hydrogens is 276 g/mol. The Kier molecular flexibility index (Phi) is 4.32. The number of carbonyl (C=O) groups is 2. The Hall–Kier alpha value is -2.28. The van der Waals surface area contributed by atoms with E-state index in [1.54, 1.807) is 26.2 Å². The highest BCUT2D eigenvalue weighted by Gasteiger charge is 2.39. The van der Waals surface area contributed by atoms with E-state index in [1.165, 1.54) is 21.9 Å². The summed E-state index contributed by atoms with van der Waals surface area (Å²) >= 11 is 0. The van der Waals surface area contributed by atoms with Crippen molar-refractivity contribution in [3.8, 4) is 5.75 Å². The van der Waals surface area contributed by atoms with Crippen LogP contribution in [0.4, 0.5) is 10.5 Å². The topological polar surface area (TPSA) is 90.3 Å².